The summed E-state index contributed by atoms with van der Waals surface area (Å²) in [6.45, 7) is 1.91. The van der Waals surface area contributed by atoms with Crippen LogP contribution in [0.3, 0.4) is 0 Å². The van der Waals surface area contributed by atoms with Crippen LogP contribution < -0.4 is 4.74 Å². The molecule has 1 fully saturated rings. The van der Waals surface area contributed by atoms with Crippen molar-refractivity contribution in [3.63, 3.8) is 0 Å². The first kappa shape index (κ1) is 12.5. The highest BCUT2D eigenvalue weighted by molar-refractivity contribution is 5.51. The van der Waals surface area contributed by atoms with Crippen LogP contribution in [0.1, 0.15) is 5.56 Å². The molecule has 4 heteroatoms. The Morgan fingerprint density at radius 2 is 2.22 bits per heavy atom. The van der Waals surface area contributed by atoms with E-state index in [9.17, 15) is 0 Å². The minimum atomic E-state index is -0.0134. The summed E-state index contributed by atoms with van der Waals surface area (Å²) in [6, 6.07) is 7.81. The fourth-order valence-corrected chi connectivity index (χ4v) is 1.82. The number of methoxy groups -OCH3 is 1. The minimum absolute atomic E-state index is 0.0134. The van der Waals surface area contributed by atoms with Gasteiger partial charge in [0.05, 0.1) is 32.9 Å². The van der Waals surface area contributed by atoms with Crippen molar-refractivity contribution in [2.75, 3.05) is 26.8 Å². The molecule has 1 aliphatic heterocycles. The van der Waals surface area contributed by atoms with E-state index in [0.717, 1.165) is 11.3 Å². The highest BCUT2D eigenvalue weighted by Gasteiger charge is 2.16. The Kier molecular flexibility index (Phi) is 4.21. The standard InChI is InChI=1S/C14H16N2O2/c1-17-13-5-2-12(3-6-13)4-7-14-10-16(11-15)8-9-18-14/h2-7,14H,8-10H2,1H3/b7-4+. The summed E-state index contributed by atoms with van der Waals surface area (Å²) >= 11 is 0. The topological polar surface area (TPSA) is 45.5 Å². The third-order valence-corrected chi connectivity index (χ3v) is 2.85. The molecule has 1 saturated heterocycles. The number of hydrogen-bond acceptors (Lipinski definition) is 4. The lowest BCUT2D eigenvalue weighted by molar-refractivity contribution is 0.0182. The fraction of sp³-hybridized carbons (Fsp3) is 0.357. The predicted molar refractivity (Wildman–Crippen MR) is 69.0 cm³/mol. The van der Waals surface area contributed by atoms with Crippen LogP contribution in [-0.2, 0) is 4.74 Å². The molecule has 0 N–H and O–H groups in total. The van der Waals surface area contributed by atoms with E-state index in [1.807, 2.05) is 36.4 Å². The molecule has 0 saturated carbocycles. The van der Waals surface area contributed by atoms with Gasteiger partial charge in [0.1, 0.15) is 5.75 Å². The maximum Gasteiger partial charge on any atom is 0.179 e. The molecule has 18 heavy (non-hydrogen) atoms. The number of nitrogens with zero attached hydrogens (tertiary/aromatic N) is 2. The molecule has 94 valence electrons. The van der Waals surface area contributed by atoms with E-state index in [-0.39, 0.29) is 6.10 Å². The Morgan fingerprint density at radius 1 is 1.44 bits per heavy atom. The molecular formula is C14H16N2O2. The molecule has 1 aliphatic rings. The summed E-state index contributed by atoms with van der Waals surface area (Å²) in [5.74, 6) is 0.844. The van der Waals surface area contributed by atoms with Crippen molar-refractivity contribution in [1.29, 1.82) is 5.26 Å². The number of benzene rings is 1. The highest BCUT2D eigenvalue weighted by atomic mass is 16.5. The van der Waals surface area contributed by atoms with E-state index < -0.39 is 0 Å². The van der Waals surface area contributed by atoms with Gasteiger partial charge in [-0.15, -0.1) is 0 Å². The van der Waals surface area contributed by atoms with Gasteiger partial charge in [-0.2, -0.15) is 5.26 Å². The van der Waals surface area contributed by atoms with Crippen molar-refractivity contribution in [2.45, 2.75) is 6.10 Å². The first-order valence-electron chi connectivity index (χ1n) is 5.90. The molecular weight excluding hydrogens is 228 g/mol. The normalized spacial score (nSPS) is 19.8. The van der Waals surface area contributed by atoms with Gasteiger partial charge in [0, 0.05) is 0 Å². The number of rotatable bonds is 3. The van der Waals surface area contributed by atoms with Gasteiger partial charge in [-0.1, -0.05) is 24.3 Å². The molecule has 1 aromatic rings. The zero-order chi connectivity index (χ0) is 12.8. The maximum absolute atomic E-state index is 8.83. The van der Waals surface area contributed by atoms with Crippen LogP contribution in [0.25, 0.3) is 6.08 Å². The predicted octanol–water partition coefficient (Wildman–Crippen LogP) is 1.89. The first-order chi connectivity index (χ1) is 8.81. The second-order valence-corrected chi connectivity index (χ2v) is 4.09. The van der Waals surface area contributed by atoms with Crippen molar-refractivity contribution >= 4 is 6.08 Å². The summed E-state index contributed by atoms with van der Waals surface area (Å²) in [5.41, 5.74) is 1.09. The van der Waals surface area contributed by atoms with Gasteiger partial charge in [0.2, 0.25) is 0 Å². The second kappa shape index (κ2) is 6.08. The van der Waals surface area contributed by atoms with E-state index in [2.05, 4.69) is 6.19 Å². The number of ether oxygens (including phenoxy) is 2. The van der Waals surface area contributed by atoms with E-state index in [1.54, 1.807) is 12.0 Å². The third kappa shape index (κ3) is 3.25. The van der Waals surface area contributed by atoms with Crippen molar-refractivity contribution < 1.29 is 9.47 Å². The van der Waals surface area contributed by atoms with Gasteiger partial charge in [-0.05, 0) is 17.7 Å². The molecule has 0 bridgehead atoms. The molecule has 2 rings (SSSR count). The van der Waals surface area contributed by atoms with Crippen LogP contribution in [0.5, 0.6) is 5.75 Å². The van der Waals surface area contributed by atoms with Gasteiger partial charge in [-0.3, -0.25) is 0 Å². The van der Waals surface area contributed by atoms with Crippen LogP contribution in [0.2, 0.25) is 0 Å². The zero-order valence-electron chi connectivity index (χ0n) is 10.4. The van der Waals surface area contributed by atoms with E-state index in [1.165, 1.54) is 0 Å². The van der Waals surface area contributed by atoms with E-state index in [4.69, 9.17) is 14.7 Å². The summed E-state index contributed by atoms with van der Waals surface area (Å²) in [7, 11) is 1.65. The molecule has 0 aromatic heterocycles. The lowest BCUT2D eigenvalue weighted by Crippen LogP contribution is -2.38. The van der Waals surface area contributed by atoms with Gasteiger partial charge >= 0.3 is 0 Å². The van der Waals surface area contributed by atoms with Crippen molar-refractivity contribution in [2.24, 2.45) is 0 Å². The molecule has 4 nitrogen and oxygen atoms in total. The monoisotopic (exact) mass is 244 g/mol. The summed E-state index contributed by atoms with van der Waals surface area (Å²) in [6.07, 6.45) is 6.13. The van der Waals surface area contributed by atoms with Crippen LogP contribution in [0.15, 0.2) is 30.3 Å². The summed E-state index contributed by atoms with van der Waals surface area (Å²) in [5, 5.41) is 8.83. The summed E-state index contributed by atoms with van der Waals surface area (Å²) in [4.78, 5) is 1.71. The second-order valence-electron chi connectivity index (χ2n) is 4.09. The lowest BCUT2D eigenvalue weighted by atomic mass is 10.1. The first-order valence-corrected chi connectivity index (χ1v) is 5.90. The fourth-order valence-electron chi connectivity index (χ4n) is 1.82. The third-order valence-electron chi connectivity index (χ3n) is 2.85. The van der Waals surface area contributed by atoms with E-state index >= 15 is 0 Å². The molecule has 0 radical (unpaired) electrons. The van der Waals surface area contributed by atoms with Gasteiger partial charge < -0.3 is 14.4 Å². The zero-order valence-corrected chi connectivity index (χ0v) is 10.4. The molecule has 0 spiro atoms. The Balaban J connectivity index is 1.95. The Hall–Kier alpha value is -1.99. The average Bonchev–Trinajstić information content (AvgIpc) is 2.46. The van der Waals surface area contributed by atoms with Crippen LogP contribution in [0.4, 0.5) is 0 Å². The van der Waals surface area contributed by atoms with E-state index in [0.29, 0.717) is 19.7 Å². The Morgan fingerprint density at radius 3 is 2.89 bits per heavy atom. The number of hydrogen-bond donors (Lipinski definition) is 0. The number of nitriles is 1. The van der Waals surface area contributed by atoms with Gasteiger partial charge in [0.15, 0.2) is 6.19 Å². The van der Waals surface area contributed by atoms with Gasteiger partial charge in [-0.25, -0.2) is 0 Å². The SMILES string of the molecule is COc1ccc(/C=C/C2CN(C#N)CCO2)cc1. The van der Waals surface area contributed by atoms with Crippen molar-refractivity contribution in [3.8, 4) is 11.9 Å². The smallest absolute Gasteiger partial charge is 0.179 e. The van der Waals surface area contributed by atoms with Crippen molar-refractivity contribution in [1.82, 2.24) is 4.90 Å². The highest BCUT2D eigenvalue weighted by Crippen LogP contribution is 2.13. The van der Waals surface area contributed by atoms with Crippen LogP contribution in [-0.4, -0.2) is 37.8 Å². The molecule has 1 aromatic carbocycles. The molecule has 0 aliphatic carbocycles. The Bertz CT molecular complexity index is 448. The molecule has 1 unspecified atom stereocenters. The van der Waals surface area contributed by atoms with Crippen LogP contribution >= 0.6 is 0 Å². The molecule has 1 atom stereocenters. The molecule has 1 heterocycles. The lowest BCUT2D eigenvalue weighted by Gasteiger charge is -2.27. The average molecular weight is 244 g/mol. The quantitative estimate of drug-likeness (QED) is 0.762. The Labute approximate surface area is 107 Å². The summed E-state index contributed by atoms with van der Waals surface area (Å²) < 4.78 is 10.7. The largest absolute Gasteiger partial charge is 0.497 e. The maximum atomic E-state index is 8.83. The van der Waals surface area contributed by atoms with Crippen molar-refractivity contribution in [3.05, 3.63) is 35.9 Å². The minimum Gasteiger partial charge on any atom is -0.497 e. The van der Waals surface area contributed by atoms with Gasteiger partial charge in [0.25, 0.3) is 0 Å². The number of morpholine rings is 1. The molecule has 0 amide bonds. The van der Waals surface area contributed by atoms with Crippen LogP contribution in [0, 0.1) is 11.5 Å².